The number of nitrogens with one attached hydrogen (secondary N) is 1. The Morgan fingerprint density at radius 2 is 2.35 bits per heavy atom. The molecule has 5 heteroatoms. The van der Waals surface area contributed by atoms with Crippen molar-refractivity contribution in [2.24, 2.45) is 11.7 Å². The van der Waals surface area contributed by atoms with Gasteiger partial charge in [0.25, 0.3) is 0 Å². The van der Waals surface area contributed by atoms with Crippen LogP contribution < -0.4 is 11.1 Å². The van der Waals surface area contributed by atoms with Crippen LogP contribution >= 0.6 is 11.3 Å². The van der Waals surface area contributed by atoms with Crippen molar-refractivity contribution in [3.8, 4) is 0 Å². The van der Waals surface area contributed by atoms with Gasteiger partial charge in [-0.05, 0) is 32.7 Å². The summed E-state index contributed by atoms with van der Waals surface area (Å²) in [6, 6.07) is 0. The largest absolute Gasteiger partial charge is 0.345 e. The van der Waals surface area contributed by atoms with Gasteiger partial charge in [-0.3, -0.25) is 4.79 Å². The number of rotatable bonds is 6. The zero-order valence-corrected chi connectivity index (χ0v) is 11.5. The molecule has 1 aromatic rings. The second kappa shape index (κ2) is 6.12. The van der Waals surface area contributed by atoms with Crippen LogP contribution in [-0.4, -0.2) is 17.4 Å². The molecule has 3 N–H and O–H groups in total. The number of hydrogen-bond donors (Lipinski definition) is 2. The van der Waals surface area contributed by atoms with Gasteiger partial charge in [0.15, 0.2) is 0 Å². The van der Waals surface area contributed by atoms with Crippen LogP contribution in [0.4, 0.5) is 0 Å². The highest BCUT2D eigenvalue weighted by Crippen LogP contribution is 2.22. The summed E-state index contributed by atoms with van der Waals surface area (Å²) in [4.78, 5) is 16.0. The molecule has 1 amide bonds. The third kappa shape index (κ3) is 4.44. The standard InChI is InChI=1S/C12H21N3OS/c1-9(8-13)4-5-10(16)15-12(2,3)11-14-6-7-17-11/h6-7,9H,4-5,8,13H2,1-3H3,(H,15,16). The van der Waals surface area contributed by atoms with Crippen LogP contribution in [0.5, 0.6) is 0 Å². The van der Waals surface area contributed by atoms with Crippen molar-refractivity contribution in [2.75, 3.05) is 6.54 Å². The lowest BCUT2D eigenvalue weighted by Gasteiger charge is -2.24. The minimum absolute atomic E-state index is 0.0606. The lowest BCUT2D eigenvalue weighted by molar-refractivity contribution is -0.123. The Bertz CT molecular complexity index is 349. The second-order valence-corrected chi connectivity index (χ2v) is 5.78. The highest BCUT2D eigenvalue weighted by molar-refractivity contribution is 7.09. The molecule has 1 unspecified atom stereocenters. The molecule has 0 spiro atoms. The van der Waals surface area contributed by atoms with Crippen molar-refractivity contribution < 1.29 is 4.79 Å². The van der Waals surface area contributed by atoms with E-state index < -0.39 is 5.54 Å². The number of aromatic nitrogens is 1. The SMILES string of the molecule is CC(CN)CCC(=O)NC(C)(C)c1nccs1. The van der Waals surface area contributed by atoms with Crippen LogP contribution in [0.3, 0.4) is 0 Å². The highest BCUT2D eigenvalue weighted by Gasteiger charge is 2.25. The van der Waals surface area contributed by atoms with Gasteiger partial charge in [-0.1, -0.05) is 6.92 Å². The van der Waals surface area contributed by atoms with Crippen molar-refractivity contribution in [3.63, 3.8) is 0 Å². The van der Waals surface area contributed by atoms with E-state index in [0.29, 0.717) is 18.9 Å². The Morgan fingerprint density at radius 3 is 2.88 bits per heavy atom. The van der Waals surface area contributed by atoms with Crippen LogP contribution in [0.1, 0.15) is 38.6 Å². The van der Waals surface area contributed by atoms with Gasteiger partial charge in [0.1, 0.15) is 5.01 Å². The molecule has 4 nitrogen and oxygen atoms in total. The summed E-state index contributed by atoms with van der Waals surface area (Å²) in [6.07, 6.45) is 3.11. The van der Waals surface area contributed by atoms with Gasteiger partial charge < -0.3 is 11.1 Å². The van der Waals surface area contributed by atoms with Crippen LogP contribution in [0.2, 0.25) is 0 Å². The maximum atomic E-state index is 11.8. The summed E-state index contributed by atoms with van der Waals surface area (Å²) in [5.74, 6) is 0.453. The predicted molar refractivity (Wildman–Crippen MR) is 70.7 cm³/mol. The Morgan fingerprint density at radius 1 is 1.65 bits per heavy atom. The van der Waals surface area contributed by atoms with E-state index in [1.165, 1.54) is 0 Å². The fraction of sp³-hybridized carbons (Fsp3) is 0.667. The van der Waals surface area contributed by atoms with Gasteiger partial charge in [-0.15, -0.1) is 11.3 Å². The predicted octanol–water partition coefficient (Wildman–Crippen LogP) is 1.87. The van der Waals surface area contributed by atoms with E-state index in [1.54, 1.807) is 17.5 Å². The summed E-state index contributed by atoms with van der Waals surface area (Å²) in [7, 11) is 0. The van der Waals surface area contributed by atoms with Crippen molar-refractivity contribution in [2.45, 2.75) is 39.2 Å². The topological polar surface area (TPSA) is 68.0 Å². The van der Waals surface area contributed by atoms with E-state index >= 15 is 0 Å². The van der Waals surface area contributed by atoms with Crippen LogP contribution in [-0.2, 0) is 10.3 Å². The van der Waals surface area contributed by atoms with Crippen LogP contribution in [0, 0.1) is 5.92 Å². The van der Waals surface area contributed by atoms with Gasteiger partial charge in [-0.2, -0.15) is 0 Å². The average Bonchev–Trinajstić information content (AvgIpc) is 2.79. The first-order valence-corrected chi connectivity index (χ1v) is 6.74. The van der Waals surface area contributed by atoms with E-state index in [4.69, 9.17) is 5.73 Å². The molecule has 0 aliphatic carbocycles. The Hall–Kier alpha value is -0.940. The number of carbonyl (C=O) groups excluding carboxylic acids is 1. The summed E-state index contributed by atoms with van der Waals surface area (Å²) >= 11 is 1.55. The molecule has 1 rings (SSSR count). The lowest BCUT2D eigenvalue weighted by Crippen LogP contribution is -2.41. The Balaban J connectivity index is 2.45. The zero-order chi connectivity index (χ0) is 12.9. The normalized spacial score (nSPS) is 13.4. The van der Waals surface area contributed by atoms with E-state index in [-0.39, 0.29) is 5.91 Å². The molecular formula is C12H21N3OS. The number of nitrogens with zero attached hydrogens (tertiary/aromatic N) is 1. The van der Waals surface area contributed by atoms with Gasteiger partial charge in [0, 0.05) is 18.0 Å². The van der Waals surface area contributed by atoms with Crippen molar-refractivity contribution in [3.05, 3.63) is 16.6 Å². The van der Waals surface area contributed by atoms with E-state index in [2.05, 4.69) is 17.2 Å². The third-order valence-electron chi connectivity index (χ3n) is 2.69. The maximum absolute atomic E-state index is 11.8. The average molecular weight is 255 g/mol. The molecule has 1 heterocycles. The van der Waals surface area contributed by atoms with Gasteiger partial charge >= 0.3 is 0 Å². The van der Waals surface area contributed by atoms with Crippen molar-refractivity contribution >= 4 is 17.2 Å². The summed E-state index contributed by atoms with van der Waals surface area (Å²) in [5, 5.41) is 5.85. The van der Waals surface area contributed by atoms with Crippen molar-refractivity contribution in [1.82, 2.24) is 10.3 Å². The molecular weight excluding hydrogens is 234 g/mol. The smallest absolute Gasteiger partial charge is 0.220 e. The zero-order valence-electron chi connectivity index (χ0n) is 10.7. The molecule has 1 atom stereocenters. The van der Waals surface area contributed by atoms with Crippen LogP contribution in [0.15, 0.2) is 11.6 Å². The Kier molecular flexibility index (Phi) is 5.08. The summed E-state index contributed by atoms with van der Waals surface area (Å²) in [5.41, 5.74) is 5.13. The van der Waals surface area contributed by atoms with E-state index in [0.717, 1.165) is 11.4 Å². The quantitative estimate of drug-likeness (QED) is 0.815. The molecule has 0 aliphatic heterocycles. The van der Waals surface area contributed by atoms with E-state index in [9.17, 15) is 4.79 Å². The molecule has 0 saturated carbocycles. The third-order valence-corrected chi connectivity index (χ3v) is 3.78. The van der Waals surface area contributed by atoms with Crippen LogP contribution in [0.25, 0.3) is 0 Å². The maximum Gasteiger partial charge on any atom is 0.220 e. The van der Waals surface area contributed by atoms with Crippen molar-refractivity contribution in [1.29, 1.82) is 0 Å². The van der Waals surface area contributed by atoms with Gasteiger partial charge in [0.2, 0.25) is 5.91 Å². The first-order valence-electron chi connectivity index (χ1n) is 5.86. The van der Waals surface area contributed by atoms with Gasteiger partial charge in [0.05, 0.1) is 5.54 Å². The minimum atomic E-state index is -0.392. The fourth-order valence-corrected chi connectivity index (χ4v) is 2.21. The lowest BCUT2D eigenvalue weighted by atomic mass is 10.0. The summed E-state index contributed by atoms with van der Waals surface area (Å²) < 4.78 is 0. The molecule has 0 aliphatic rings. The monoisotopic (exact) mass is 255 g/mol. The van der Waals surface area contributed by atoms with Gasteiger partial charge in [-0.25, -0.2) is 4.98 Å². The number of hydrogen-bond acceptors (Lipinski definition) is 4. The minimum Gasteiger partial charge on any atom is -0.345 e. The van der Waals surface area contributed by atoms with E-state index in [1.807, 2.05) is 19.2 Å². The fourth-order valence-electron chi connectivity index (χ4n) is 1.49. The molecule has 96 valence electrons. The molecule has 0 bridgehead atoms. The molecule has 0 fully saturated rings. The number of thiazole rings is 1. The summed E-state index contributed by atoms with van der Waals surface area (Å²) in [6.45, 7) is 6.62. The number of nitrogens with two attached hydrogens (primary N) is 1. The molecule has 0 radical (unpaired) electrons. The Labute approximate surface area is 107 Å². The first kappa shape index (κ1) is 14.1. The highest BCUT2D eigenvalue weighted by atomic mass is 32.1. The second-order valence-electron chi connectivity index (χ2n) is 4.89. The molecule has 17 heavy (non-hydrogen) atoms. The number of amides is 1. The number of carbonyl (C=O) groups is 1. The molecule has 0 saturated heterocycles. The molecule has 0 aromatic carbocycles. The molecule has 1 aromatic heterocycles. The first-order chi connectivity index (χ1) is 7.95.